The van der Waals surface area contributed by atoms with Crippen LogP contribution in [0.1, 0.15) is 61.3 Å². The van der Waals surface area contributed by atoms with E-state index in [-0.39, 0.29) is 11.8 Å². The van der Waals surface area contributed by atoms with Crippen LogP contribution in [0, 0.1) is 17.3 Å². The van der Waals surface area contributed by atoms with E-state index >= 15 is 0 Å². The first-order valence-corrected chi connectivity index (χ1v) is 12.2. The predicted octanol–water partition coefficient (Wildman–Crippen LogP) is 2.55. The van der Waals surface area contributed by atoms with Gasteiger partial charge in [0.1, 0.15) is 23.2 Å². The Morgan fingerprint density at radius 1 is 1.18 bits per heavy atom. The maximum Gasteiger partial charge on any atom is 0.408 e. The fourth-order valence-electron chi connectivity index (χ4n) is 4.26. The van der Waals surface area contributed by atoms with Gasteiger partial charge in [0.15, 0.2) is 0 Å². The molecule has 1 unspecified atom stereocenters. The lowest BCUT2D eigenvalue weighted by atomic mass is 9.85. The number of rotatable bonds is 7. The van der Waals surface area contributed by atoms with Gasteiger partial charge in [-0.2, -0.15) is 0 Å². The van der Waals surface area contributed by atoms with Gasteiger partial charge in [-0.3, -0.25) is 19.5 Å². The van der Waals surface area contributed by atoms with Crippen molar-refractivity contribution in [3.05, 3.63) is 12.7 Å². The molecule has 4 amide bonds. The zero-order valence-electron chi connectivity index (χ0n) is 21.1. The summed E-state index contributed by atoms with van der Waals surface area (Å²) in [4.78, 5) is 53.3. The largest absolute Gasteiger partial charge is 0.444 e. The molecule has 11 heteroatoms. The van der Waals surface area contributed by atoms with Crippen LogP contribution in [0.3, 0.4) is 0 Å². The quantitative estimate of drug-likeness (QED) is 0.366. The number of nitrogens with zero attached hydrogens (tertiary/aromatic N) is 1. The number of likely N-dealkylation sites (tertiary alicyclic amines) is 1. The summed E-state index contributed by atoms with van der Waals surface area (Å²) in [6, 6.07) is -1.74. The minimum atomic E-state index is -1.23. The molecule has 190 valence electrons. The number of hydrogen-bond donors (Lipinski definition) is 3. The summed E-state index contributed by atoms with van der Waals surface area (Å²) in [5, 5.41) is 7.66. The molecule has 2 aliphatic rings. The Morgan fingerprint density at radius 2 is 1.79 bits per heavy atom. The van der Waals surface area contributed by atoms with Gasteiger partial charge >= 0.3 is 6.09 Å². The van der Waals surface area contributed by atoms with Crippen molar-refractivity contribution in [2.45, 2.75) is 84.5 Å². The summed E-state index contributed by atoms with van der Waals surface area (Å²) in [6.07, 6.45) is 1.61. The summed E-state index contributed by atoms with van der Waals surface area (Å²) >= 11 is 0. The summed E-state index contributed by atoms with van der Waals surface area (Å²) in [5.74, 6) is -1.68. The van der Waals surface area contributed by atoms with Gasteiger partial charge in [-0.05, 0) is 44.9 Å². The zero-order valence-corrected chi connectivity index (χ0v) is 22.0. The van der Waals surface area contributed by atoms with Gasteiger partial charge in [-0.1, -0.05) is 33.8 Å². The number of amides is 4. The molecular weight excluding hydrogens is 459 g/mol. The molecule has 3 N–H and O–H groups in total. The van der Waals surface area contributed by atoms with Crippen molar-refractivity contribution >= 4 is 32.4 Å². The molecule has 34 heavy (non-hydrogen) atoms. The third-order valence-corrected chi connectivity index (χ3v) is 6.36. The van der Waals surface area contributed by atoms with Crippen molar-refractivity contribution in [3.8, 4) is 0 Å². The standard InChI is InChI=1S/C23H37N4O6P/c1-9-14-11-23(14,19(30)26-34-32)25-17(28)15-10-13(2)12-27(15)18(29)16(21(3,4)5)24-20(31)33-22(6,7)8/h9,13-16H,1,10-12H2,2-8H3,(H,24,31)(H,25,28)(H,26,30,32)/t13-,14?,15+,16-,23-/m1/s1. The third kappa shape index (κ3) is 6.34. The maximum absolute atomic E-state index is 13.6. The van der Waals surface area contributed by atoms with Crippen molar-refractivity contribution in [2.24, 2.45) is 17.3 Å². The molecular formula is C23H37N4O6P. The third-order valence-electron chi connectivity index (χ3n) is 6.07. The lowest BCUT2D eigenvalue weighted by Crippen LogP contribution is -2.59. The van der Waals surface area contributed by atoms with Gasteiger partial charge < -0.3 is 20.3 Å². The minimum absolute atomic E-state index is 0.0428. The van der Waals surface area contributed by atoms with Crippen molar-refractivity contribution in [3.63, 3.8) is 0 Å². The lowest BCUT2D eigenvalue weighted by Gasteiger charge is -2.36. The van der Waals surface area contributed by atoms with E-state index in [1.807, 2.05) is 27.7 Å². The Labute approximate surface area is 202 Å². The van der Waals surface area contributed by atoms with Gasteiger partial charge in [0, 0.05) is 12.5 Å². The second-order valence-electron chi connectivity index (χ2n) is 11.3. The molecule has 0 bridgehead atoms. The van der Waals surface area contributed by atoms with Gasteiger partial charge in [-0.15, -0.1) is 6.58 Å². The summed E-state index contributed by atoms with van der Waals surface area (Å²) in [7, 11) is -0.558. The highest BCUT2D eigenvalue weighted by Crippen LogP contribution is 2.45. The van der Waals surface area contributed by atoms with E-state index in [2.05, 4.69) is 22.3 Å². The van der Waals surface area contributed by atoms with Gasteiger partial charge in [-0.25, -0.2) is 9.36 Å². The number of carbonyl (C=O) groups is 4. The highest BCUT2D eigenvalue weighted by Gasteiger charge is 2.60. The molecule has 1 heterocycles. The molecule has 0 aromatic rings. The number of alkyl carbamates (subject to hydrolysis) is 1. The normalized spacial score (nSPS) is 27.5. The van der Waals surface area contributed by atoms with Crippen LogP contribution in [-0.4, -0.2) is 58.5 Å². The second kappa shape index (κ2) is 10.0. The van der Waals surface area contributed by atoms with E-state index in [0.29, 0.717) is 19.4 Å². The SMILES string of the molecule is C=CC1C[C@]1(NC(=O)[C@@H]1C[C@@H](C)CN1C(=O)[C@@H](NC(=O)OC(C)(C)C)C(C)(C)C)C(=O)NP=O. The highest BCUT2D eigenvalue weighted by atomic mass is 31.1. The van der Waals surface area contributed by atoms with Crippen molar-refractivity contribution in [1.29, 1.82) is 0 Å². The minimum Gasteiger partial charge on any atom is -0.444 e. The molecule has 1 aliphatic heterocycles. The number of carbonyl (C=O) groups excluding carboxylic acids is 4. The summed E-state index contributed by atoms with van der Waals surface area (Å²) in [5.41, 5.74) is -2.61. The maximum atomic E-state index is 13.6. The van der Waals surface area contributed by atoms with Crippen molar-refractivity contribution in [2.75, 3.05) is 6.54 Å². The number of ether oxygens (including phenoxy) is 1. The fraction of sp³-hybridized carbons (Fsp3) is 0.739. The predicted molar refractivity (Wildman–Crippen MR) is 127 cm³/mol. The van der Waals surface area contributed by atoms with Crippen LogP contribution in [0.25, 0.3) is 0 Å². The summed E-state index contributed by atoms with van der Waals surface area (Å²) < 4.78 is 16.2. The molecule has 0 spiro atoms. The molecule has 1 saturated carbocycles. The molecule has 2 rings (SSSR count). The van der Waals surface area contributed by atoms with Crippen molar-refractivity contribution in [1.82, 2.24) is 20.6 Å². The molecule has 5 atom stereocenters. The number of hydrogen-bond acceptors (Lipinski definition) is 6. The molecule has 0 aromatic heterocycles. The van der Waals surface area contributed by atoms with Crippen LogP contribution >= 0.6 is 8.61 Å². The van der Waals surface area contributed by atoms with E-state index in [9.17, 15) is 23.7 Å². The van der Waals surface area contributed by atoms with Crippen LogP contribution in [0.15, 0.2) is 12.7 Å². The van der Waals surface area contributed by atoms with E-state index in [1.54, 1.807) is 26.8 Å². The first-order valence-electron chi connectivity index (χ1n) is 11.4. The Balaban J connectivity index is 2.24. The molecule has 1 aliphatic carbocycles. The molecule has 0 radical (unpaired) electrons. The Morgan fingerprint density at radius 3 is 2.26 bits per heavy atom. The zero-order chi connectivity index (χ0) is 26.1. The van der Waals surface area contributed by atoms with Crippen LogP contribution < -0.4 is 15.7 Å². The second-order valence-corrected chi connectivity index (χ2v) is 11.7. The lowest BCUT2D eigenvalue weighted by molar-refractivity contribution is -0.143. The molecule has 1 saturated heterocycles. The molecule has 0 aromatic carbocycles. The first-order chi connectivity index (χ1) is 15.6. The average molecular weight is 497 g/mol. The van der Waals surface area contributed by atoms with Crippen molar-refractivity contribution < 1.29 is 28.5 Å². The van der Waals surface area contributed by atoms with Crippen LogP contribution in [0.2, 0.25) is 0 Å². The van der Waals surface area contributed by atoms with E-state index in [1.165, 1.54) is 4.90 Å². The fourth-order valence-corrected chi connectivity index (χ4v) is 4.54. The van der Waals surface area contributed by atoms with Gasteiger partial charge in [0.05, 0.1) is 0 Å². The van der Waals surface area contributed by atoms with Gasteiger partial charge in [0.2, 0.25) is 11.8 Å². The molecule has 10 nitrogen and oxygen atoms in total. The smallest absolute Gasteiger partial charge is 0.408 e. The number of nitrogens with one attached hydrogen (secondary N) is 3. The Hall–Kier alpha value is -2.48. The topological polar surface area (TPSA) is 134 Å². The highest BCUT2D eigenvalue weighted by molar-refractivity contribution is 7.22. The average Bonchev–Trinajstić information content (AvgIpc) is 3.26. The molecule has 2 fully saturated rings. The Kier molecular flexibility index (Phi) is 8.18. The van der Waals surface area contributed by atoms with Crippen LogP contribution in [0.5, 0.6) is 0 Å². The first kappa shape index (κ1) is 27.8. The van der Waals surface area contributed by atoms with Gasteiger partial charge in [0.25, 0.3) is 14.5 Å². The van der Waals surface area contributed by atoms with E-state index < -0.39 is 61.1 Å². The Bertz CT molecular complexity index is 865. The van der Waals surface area contributed by atoms with E-state index in [4.69, 9.17) is 4.74 Å². The van der Waals surface area contributed by atoms with Crippen LogP contribution in [-0.2, 0) is 23.7 Å². The van der Waals surface area contributed by atoms with Crippen LogP contribution in [0.4, 0.5) is 4.79 Å². The van der Waals surface area contributed by atoms with E-state index in [0.717, 1.165) is 0 Å². The summed E-state index contributed by atoms with van der Waals surface area (Å²) in [6.45, 7) is 16.6. The monoisotopic (exact) mass is 496 g/mol.